The lowest BCUT2D eigenvalue weighted by atomic mass is 9.66. The van der Waals surface area contributed by atoms with E-state index in [2.05, 4.69) is 27.4 Å². The first-order valence-corrected chi connectivity index (χ1v) is 7.70. The molecule has 0 heterocycles. The lowest BCUT2D eigenvalue weighted by Gasteiger charge is -2.42. The predicted octanol–water partition coefficient (Wildman–Crippen LogP) is 3.07. The summed E-state index contributed by atoms with van der Waals surface area (Å²) in [7, 11) is 0. The summed E-state index contributed by atoms with van der Waals surface area (Å²) in [6, 6.07) is 0. The number of carbonyl (C=O) groups excluding carboxylic acids is 1. The van der Waals surface area contributed by atoms with E-state index in [1.54, 1.807) is 0 Å². The van der Waals surface area contributed by atoms with Crippen molar-refractivity contribution >= 4 is 5.97 Å². The molecule has 3 aliphatic carbocycles. The third kappa shape index (κ3) is 1.59. The van der Waals surface area contributed by atoms with Crippen LogP contribution in [0.1, 0.15) is 53.4 Å². The zero-order chi connectivity index (χ0) is 14.9. The van der Waals surface area contributed by atoms with E-state index >= 15 is 0 Å². The van der Waals surface area contributed by atoms with Gasteiger partial charge in [0.2, 0.25) is 0 Å². The average Bonchev–Trinajstić information content (AvgIpc) is 2.76. The fourth-order valence-electron chi connectivity index (χ4n) is 5.83. The number of aliphatic hydroxyl groups is 1. The fraction of sp³-hybridized carbons (Fsp3) is 0.824. The quantitative estimate of drug-likeness (QED) is 0.592. The van der Waals surface area contributed by atoms with E-state index in [9.17, 15) is 9.90 Å². The highest BCUT2D eigenvalue weighted by Gasteiger charge is 2.70. The molecule has 0 bridgehead atoms. The second-order valence-corrected chi connectivity index (χ2v) is 8.16. The molecule has 0 saturated heterocycles. The van der Waals surface area contributed by atoms with Gasteiger partial charge in [0.15, 0.2) is 0 Å². The first-order chi connectivity index (χ1) is 9.11. The summed E-state index contributed by atoms with van der Waals surface area (Å²) >= 11 is 0. The van der Waals surface area contributed by atoms with Crippen molar-refractivity contribution in [2.75, 3.05) is 0 Å². The Morgan fingerprint density at radius 1 is 1.35 bits per heavy atom. The highest BCUT2D eigenvalue weighted by Crippen LogP contribution is 2.71. The largest absolute Gasteiger partial charge is 0.458 e. The van der Waals surface area contributed by atoms with Crippen molar-refractivity contribution in [2.45, 2.75) is 65.1 Å². The molecule has 0 aromatic rings. The molecule has 0 radical (unpaired) electrons. The molecule has 3 heteroatoms. The van der Waals surface area contributed by atoms with Crippen molar-refractivity contribution in [1.29, 1.82) is 0 Å². The van der Waals surface area contributed by atoms with Gasteiger partial charge in [-0.1, -0.05) is 27.4 Å². The maximum atomic E-state index is 11.5. The third-order valence-corrected chi connectivity index (χ3v) is 6.30. The van der Waals surface area contributed by atoms with Gasteiger partial charge in [-0.25, -0.2) is 0 Å². The molecular weight excluding hydrogens is 252 g/mol. The van der Waals surface area contributed by atoms with Crippen molar-refractivity contribution in [1.82, 2.24) is 0 Å². The van der Waals surface area contributed by atoms with Crippen LogP contribution in [0, 0.1) is 22.7 Å². The van der Waals surface area contributed by atoms with Crippen LogP contribution in [0.15, 0.2) is 12.2 Å². The van der Waals surface area contributed by atoms with Gasteiger partial charge in [0.25, 0.3) is 0 Å². The molecular formula is C17H26O3. The molecule has 0 aliphatic heterocycles. The Balaban J connectivity index is 1.98. The van der Waals surface area contributed by atoms with E-state index in [0.717, 1.165) is 24.8 Å². The maximum absolute atomic E-state index is 11.5. The Bertz CT molecular complexity index is 481. The number of hydrogen-bond acceptors (Lipinski definition) is 3. The van der Waals surface area contributed by atoms with Gasteiger partial charge in [0.1, 0.15) is 6.10 Å². The minimum Gasteiger partial charge on any atom is -0.458 e. The number of carbonyl (C=O) groups is 1. The molecule has 3 nitrogen and oxygen atoms in total. The molecule has 0 aromatic carbocycles. The van der Waals surface area contributed by atoms with Crippen molar-refractivity contribution in [3.05, 3.63) is 12.2 Å². The summed E-state index contributed by atoms with van der Waals surface area (Å²) in [5.74, 6) is 0.127. The van der Waals surface area contributed by atoms with Gasteiger partial charge in [-0.15, -0.1) is 0 Å². The molecule has 0 amide bonds. The number of ether oxygens (including phenoxy) is 1. The van der Waals surface area contributed by atoms with Crippen LogP contribution in [-0.4, -0.2) is 22.8 Å². The number of esters is 1. The summed E-state index contributed by atoms with van der Waals surface area (Å²) in [5, 5.41) is 11.5. The summed E-state index contributed by atoms with van der Waals surface area (Å²) in [6.45, 7) is 12.4. The Morgan fingerprint density at radius 3 is 2.60 bits per heavy atom. The van der Waals surface area contributed by atoms with E-state index in [4.69, 9.17) is 4.74 Å². The maximum Gasteiger partial charge on any atom is 0.303 e. The molecule has 1 N–H and O–H groups in total. The van der Waals surface area contributed by atoms with Crippen molar-refractivity contribution in [3.63, 3.8) is 0 Å². The van der Waals surface area contributed by atoms with E-state index < -0.39 is 5.60 Å². The summed E-state index contributed by atoms with van der Waals surface area (Å²) in [4.78, 5) is 11.2. The van der Waals surface area contributed by atoms with Gasteiger partial charge in [0, 0.05) is 12.8 Å². The van der Waals surface area contributed by atoms with Crippen LogP contribution in [0.25, 0.3) is 0 Å². The lowest BCUT2D eigenvalue weighted by molar-refractivity contribution is -0.144. The van der Waals surface area contributed by atoms with Gasteiger partial charge in [-0.3, -0.25) is 4.79 Å². The molecule has 3 fully saturated rings. The molecule has 0 aromatic heterocycles. The first-order valence-electron chi connectivity index (χ1n) is 7.70. The Labute approximate surface area is 121 Å². The van der Waals surface area contributed by atoms with Crippen molar-refractivity contribution in [3.8, 4) is 0 Å². The molecule has 5 atom stereocenters. The molecule has 3 aliphatic rings. The fourth-order valence-corrected chi connectivity index (χ4v) is 5.83. The minimum atomic E-state index is -0.852. The Morgan fingerprint density at radius 2 is 2.00 bits per heavy atom. The van der Waals surface area contributed by atoms with Gasteiger partial charge in [-0.05, 0) is 48.0 Å². The number of hydrogen-bond donors (Lipinski definition) is 1. The van der Waals surface area contributed by atoms with Crippen molar-refractivity contribution < 1.29 is 14.6 Å². The van der Waals surface area contributed by atoms with Gasteiger partial charge in [-0.2, -0.15) is 0 Å². The minimum absolute atomic E-state index is 0.117. The lowest BCUT2D eigenvalue weighted by Crippen LogP contribution is -2.46. The third-order valence-electron chi connectivity index (χ3n) is 6.30. The molecule has 20 heavy (non-hydrogen) atoms. The van der Waals surface area contributed by atoms with Gasteiger partial charge < -0.3 is 9.84 Å². The number of fused-ring (bicyclic) bond motifs is 3. The Hall–Kier alpha value is -0.830. The van der Waals surface area contributed by atoms with E-state index in [1.807, 2.05) is 0 Å². The second kappa shape index (κ2) is 3.88. The summed E-state index contributed by atoms with van der Waals surface area (Å²) in [6.07, 6.45) is 3.78. The average molecular weight is 278 g/mol. The Kier molecular flexibility index (Phi) is 2.74. The smallest absolute Gasteiger partial charge is 0.303 e. The van der Waals surface area contributed by atoms with E-state index in [0.29, 0.717) is 0 Å². The van der Waals surface area contributed by atoms with Crippen LogP contribution in [-0.2, 0) is 9.53 Å². The summed E-state index contributed by atoms with van der Waals surface area (Å²) < 4.78 is 5.38. The van der Waals surface area contributed by atoms with Crippen LogP contribution in [0.2, 0.25) is 0 Å². The molecule has 112 valence electrons. The zero-order valence-corrected chi connectivity index (χ0v) is 13.0. The predicted molar refractivity (Wildman–Crippen MR) is 77.0 cm³/mol. The van der Waals surface area contributed by atoms with Crippen molar-refractivity contribution in [2.24, 2.45) is 22.7 Å². The van der Waals surface area contributed by atoms with Crippen LogP contribution in [0.5, 0.6) is 0 Å². The molecule has 3 saturated carbocycles. The molecule has 3 rings (SSSR count). The molecule has 0 spiro atoms. The van der Waals surface area contributed by atoms with Gasteiger partial charge >= 0.3 is 5.97 Å². The second-order valence-electron chi connectivity index (χ2n) is 8.16. The highest BCUT2D eigenvalue weighted by atomic mass is 16.5. The van der Waals surface area contributed by atoms with E-state index in [1.165, 1.54) is 13.3 Å². The monoisotopic (exact) mass is 278 g/mol. The number of rotatable bonds is 1. The van der Waals surface area contributed by atoms with Crippen LogP contribution in [0.4, 0.5) is 0 Å². The zero-order valence-electron chi connectivity index (χ0n) is 13.0. The van der Waals surface area contributed by atoms with E-state index in [-0.39, 0.29) is 34.7 Å². The summed E-state index contributed by atoms with van der Waals surface area (Å²) in [5.41, 5.74) is 0.204. The van der Waals surface area contributed by atoms with Gasteiger partial charge in [0.05, 0.1) is 5.60 Å². The normalized spacial score (nSPS) is 49.0. The topological polar surface area (TPSA) is 46.5 Å². The highest BCUT2D eigenvalue weighted by molar-refractivity contribution is 5.66. The SMILES string of the molecule is C=C1[C@@H](OC(C)=O)C[C@@H]2C[C@]3(C)CCC(C)(C)[C@@H]3[C@@]12O. The van der Waals surface area contributed by atoms with Crippen LogP contribution >= 0.6 is 0 Å². The van der Waals surface area contributed by atoms with Crippen LogP contribution < -0.4 is 0 Å². The van der Waals surface area contributed by atoms with Crippen LogP contribution in [0.3, 0.4) is 0 Å². The first kappa shape index (κ1) is 14.1. The molecule has 0 unspecified atom stereocenters. The standard InChI is InChI=1S/C17H26O3/c1-10-13(20-11(2)18)8-12-9-16(5)7-6-15(3,4)14(16)17(10,12)19/h12-14,19H,1,6-9H2,2-5H3/t12-,13+,14+,16+,17-/m1/s1.